The molecule has 2 atom stereocenters. The Morgan fingerprint density at radius 3 is 2.86 bits per heavy atom. The van der Waals surface area contributed by atoms with Gasteiger partial charge in [-0.15, -0.1) is 0 Å². The van der Waals surface area contributed by atoms with Crippen LogP contribution in [0.15, 0.2) is 24.3 Å². The van der Waals surface area contributed by atoms with E-state index in [1.807, 2.05) is 19.2 Å². The standard InChI is InChI=1S/C16H23ClN2O2/c1-19(11-12-5-4-8-15(12)20)10-9-16(21)18-14-7-3-2-6-13(14)17/h2-3,6-7,12,15,20H,4-5,8-11H2,1H3,(H,18,21). The Morgan fingerprint density at radius 2 is 2.19 bits per heavy atom. The summed E-state index contributed by atoms with van der Waals surface area (Å²) < 4.78 is 0. The molecule has 4 nitrogen and oxygen atoms in total. The number of halogens is 1. The van der Waals surface area contributed by atoms with Crippen molar-refractivity contribution in [1.82, 2.24) is 4.90 Å². The highest BCUT2D eigenvalue weighted by Crippen LogP contribution is 2.26. The van der Waals surface area contributed by atoms with Crippen molar-refractivity contribution in [3.63, 3.8) is 0 Å². The number of nitrogens with zero attached hydrogens (tertiary/aromatic N) is 1. The second-order valence-electron chi connectivity index (χ2n) is 5.80. The smallest absolute Gasteiger partial charge is 0.225 e. The lowest BCUT2D eigenvalue weighted by Crippen LogP contribution is -2.32. The fourth-order valence-electron chi connectivity index (χ4n) is 2.79. The molecule has 0 spiro atoms. The van der Waals surface area contributed by atoms with Crippen molar-refractivity contribution in [3.05, 3.63) is 29.3 Å². The van der Waals surface area contributed by atoms with E-state index >= 15 is 0 Å². The number of benzene rings is 1. The van der Waals surface area contributed by atoms with Crippen LogP contribution < -0.4 is 5.32 Å². The number of hydrogen-bond donors (Lipinski definition) is 2. The van der Waals surface area contributed by atoms with Crippen LogP contribution in [0.1, 0.15) is 25.7 Å². The van der Waals surface area contributed by atoms with Gasteiger partial charge in [0.1, 0.15) is 0 Å². The molecule has 21 heavy (non-hydrogen) atoms. The number of hydrogen-bond acceptors (Lipinski definition) is 3. The first kappa shape index (κ1) is 16.3. The molecule has 0 heterocycles. The van der Waals surface area contributed by atoms with Crippen molar-refractivity contribution in [2.45, 2.75) is 31.8 Å². The monoisotopic (exact) mass is 310 g/mol. The van der Waals surface area contributed by atoms with Gasteiger partial charge in [0, 0.05) is 19.5 Å². The summed E-state index contributed by atoms with van der Waals surface area (Å²) in [6, 6.07) is 7.22. The molecule has 1 saturated carbocycles. The highest BCUT2D eigenvalue weighted by molar-refractivity contribution is 6.33. The van der Waals surface area contributed by atoms with Crippen molar-refractivity contribution in [3.8, 4) is 0 Å². The number of rotatable bonds is 6. The number of anilines is 1. The van der Waals surface area contributed by atoms with Gasteiger partial charge in [0.15, 0.2) is 0 Å². The zero-order valence-electron chi connectivity index (χ0n) is 12.4. The lowest BCUT2D eigenvalue weighted by Gasteiger charge is -2.22. The van der Waals surface area contributed by atoms with Gasteiger partial charge in [-0.25, -0.2) is 0 Å². The predicted molar refractivity (Wildman–Crippen MR) is 85.5 cm³/mol. The minimum absolute atomic E-state index is 0.0399. The Bertz CT molecular complexity index is 481. The van der Waals surface area contributed by atoms with Gasteiger partial charge in [-0.3, -0.25) is 4.79 Å². The molecule has 2 unspecified atom stereocenters. The van der Waals surface area contributed by atoms with Crippen LogP contribution in [0.2, 0.25) is 5.02 Å². The van der Waals surface area contributed by atoms with Gasteiger partial charge < -0.3 is 15.3 Å². The van der Waals surface area contributed by atoms with E-state index in [0.29, 0.717) is 29.6 Å². The number of aliphatic hydroxyl groups is 1. The maximum absolute atomic E-state index is 11.9. The Balaban J connectivity index is 1.72. The Labute approximate surface area is 131 Å². The summed E-state index contributed by atoms with van der Waals surface area (Å²) in [5.41, 5.74) is 0.651. The average Bonchev–Trinajstić information content (AvgIpc) is 2.85. The third kappa shape index (κ3) is 4.99. The Kier molecular flexibility index (Phi) is 6.03. The summed E-state index contributed by atoms with van der Waals surface area (Å²) in [5.74, 6) is 0.309. The lowest BCUT2D eigenvalue weighted by molar-refractivity contribution is -0.116. The molecule has 1 amide bonds. The highest BCUT2D eigenvalue weighted by Gasteiger charge is 2.26. The van der Waals surface area contributed by atoms with Gasteiger partial charge in [-0.1, -0.05) is 30.2 Å². The van der Waals surface area contributed by atoms with E-state index in [0.717, 1.165) is 25.8 Å². The molecule has 0 radical (unpaired) electrons. The first-order valence-electron chi connectivity index (χ1n) is 7.47. The van der Waals surface area contributed by atoms with Crippen LogP contribution >= 0.6 is 11.6 Å². The summed E-state index contributed by atoms with van der Waals surface area (Å²) in [6.45, 7) is 1.53. The van der Waals surface area contributed by atoms with Crippen LogP contribution in [0, 0.1) is 5.92 Å². The molecular formula is C16H23ClN2O2. The van der Waals surface area contributed by atoms with Gasteiger partial charge in [0.25, 0.3) is 0 Å². The van der Waals surface area contributed by atoms with E-state index < -0.39 is 0 Å². The lowest BCUT2D eigenvalue weighted by atomic mass is 10.1. The van der Waals surface area contributed by atoms with Crippen molar-refractivity contribution in [2.24, 2.45) is 5.92 Å². The molecule has 2 rings (SSSR count). The van der Waals surface area contributed by atoms with E-state index in [-0.39, 0.29) is 12.0 Å². The van der Waals surface area contributed by atoms with Gasteiger partial charge >= 0.3 is 0 Å². The van der Waals surface area contributed by atoms with Crippen LogP contribution in [-0.2, 0) is 4.79 Å². The normalized spacial score (nSPS) is 21.7. The van der Waals surface area contributed by atoms with E-state index in [1.54, 1.807) is 12.1 Å². The largest absolute Gasteiger partial charge is 0.393 e. The summed E-state index contributed by atoms with van der Waals surface area (Å²) in [4.78, 5) is 14.0. The zero-order valence-corrected chi connectivity index (χ0v) is 13.1. The van der Waals surface area contributed by atoms with Crippen molar-refractivity contribution >= 4 is 23.2 Å². The van der Waals surface area contributed by atoms with Crippen LogP contribution in [0.5, 0.6) is 0 Å². The van der Waals surface area contributed by atoms with Crippen molar-refractivity contribution in [1.29, 1.82) is 0 Å². The Morgan fingerprint density at radius 1 is 1.43 bits per heavy atom. The molecule has 1 aliphatic carbocycles. The second-order valence-corrected chi connectivity index (χ2v) is 6.21. The van der Waals surface area contributed by atoms with E-state index in [4.69, 9.17) is 11.6 Å². The van der Waals surface area contributed by atoms with Gasteiger partial charge in [0.2, 0.25) is 5.91 Å². The fraction of sp³-hybridized carbons (Fsp3) is 0.562. The third-order valence-electron chi connectivity index (χ3n) is 4.03. The molecule has 1 aromatic rings. The maximum Gasteiger partial charge on any atom is 0.225 e. The number of para-hydroxylation sites is 1. The van der Waals surface area contributed by atoms with Gasteiger partial charge in [-0.05, 0) is 37.9 Å². The predicted octanol–water partition coefficient (Wildman–Crippen LogP) is 2.76. The summed E-state index contributed by atoms with van der Waals surface area (Å²) in [5, 5.41) is 13.2. The zero-order chi connectivity index (χ0) is 15.2. The molecule has 1 aromatic carbocycles. The third-order valence-corrected chi connectivity index (χ3v) is 4.36. The first-order chi connectivity index (χ1) is 10.1. The van der Waals surface area contributed by atoms with Gasteiger partial charge in [0.05, 0.1) is 16.8 Å². The molecule has 0 aromatic heterocycles. The number of carbonyl (C=O) groups excluding carboxylic acids is 1. The molecule has 0 bridgehead atoms. The van der Waals surface area contributed by atoms with E-state index in [9.17, 15) is 9.90 Å². The first-order valence-corrected chi connectivity index (χ1v) is 7.85. The molecular weight excluding hydrogens is 288 g/mol. The molecule has 2 N–H and O–H groups in total. The minimum Gasteiger partial charge on any atom is -0.393 e. The quantitative estimate of drug-likeness (QED) is 0.849. The van der Waals surface area contributed by atoms with E-state index in [2.05, 4.69) is 10.2 Å². The molecule has 5 heteroatoms. The molecule has 0 aliphatic heterocycles. The van der Waals surface area contributed by atoms with Crippen LogP contribution in [0.25, 0.3) is 0 Å². The Hall–Kier alpha value is -1.10. The summed E-state index contributed by atoms with van der Waals surface area (Å²) in [6.07, 6.45) is 3.34. The second kappa shape index (κ2) is 7.78. The van der Waals surface area contributed by atoms with Crippen LogP contribution in [-0.4, -0.2) is 42.2 Å². The SMILES string of the molecule is CN(CCC(=O)Nc1ccccc1Cl)CC1CCCC1O. The van der Waals surface area contributed by atoms with E-state index in [1.165, 1.54) is 0 Å². The molecule has 0 saturated heterocycles. The number of aliphatic hydroxyl groups excluding tert-OH is 1. The summed E-state index contributed by atoms with van der Waals surface area (Å²) >= 11 is 6.01. The fourth-order valence-corrected chi connectivity index (χ4v) is 2.97. The summed E-state index contributed by atoms with van der Waals surface area (Å²) in [7, 11) is 1.99. The molecule has 1 aliphatic rings. The van der Waals surface area contributed by atoms with Crippen LogP contribution in [0.3, 0.4) is 0 Å². The number of carbonyl (C=O) groups is 1. The van der Waals surface area contributed by atoms with Crippen molar-refractivity contribution < 1.29 is 9.90 Å². The maximum atomic E-state index is 11.9. The number of amides is 1. The average molecular weight is 311 g/mol. The molecule has 1 fully saturated rings. The van der Waals surface area contributed by atoms with Gasteiger partial charge in [-0.2, -0.15) is 0 Å². The van der Waals surface area contributed by atoms with Crippen molar-refractivity contribution in [2.75, 3.05) is 25.5 Å². The topological polar surface area (TPSA) is 52.6 Å². The number of nitrogens with one attached hydrogen (secondary N) is 1. The highest BCUT2D eigenvalue weighted by atomic mass is 35.5. The van der Waals surface area contributed by atoms with Crippen LogP contribution in [0.4, 0.5) is 5.69 Å². The molecule has 116 valence electrons. The minimum atomic E-state index is -0.176.